The maximum atomic E-state index is 12.2. The number of hydrogen-bond acceptors (Lipinski definition) is 5. The molecule has 148 valence electrons. The third-order valence-corrected chi connectivity index (χ3v) is 7.08. The molecule has 1 unspecified atom stereocenters. The van der Waals surface area contributed by atoms with E-state index in [1.54, 1.807) is 0 Å². The molecule has 1 aromatic rings. The SMILES string of the molecule is N#Cc1cc2c(nc1OC1CCN(C3CCC3)CC1)CCN1C(=O)CCCC21. The number of likely N-dealkylation sites (tertiary alicyclic amines) is 1. The predicted molar refractivity (Wildman–Crippen MR) is 104 cm³/mol. The highest BCUT2D eigenvalue weighted by atomic mass is 16.5. The zero-order valence-corrected chi connectivity index (χ0v) is 16.4. The molecule has 0 radical (unpaired) electrons. The summed E-state index contributed by atoms with van der Waals surface area (Å²) in [6.45, 7) is 2.90. The Morgan fingerprint density at radius 3 is 2.61 bits per heavy atom. The number of rotatable bonds is 3. The molecule has 28 heavy (non-hydrogen) atoms. The molecule has 1 atom stereocenters. The van der Waals surface area contributed by atoms with Crippen LogP contribution in [0.4, 0.5) is 0 Å². The van der Waals surface area contributed by atoms with Gasteiger partial charge in [-0.3, -0.25) is 4.79 Å². The highest BCUT2D eigenvalue weighted by Gasteiger charge is 2.35. The van der Waals surface area contributed by atoms with Gasteiger partial charge in [0, 0.05) is 38.5 Å². The van der Waals surface area contributed by atoms with Crippen molar-refractivity contribution in [1.82, 2.24) is 14.8 Å². The number of piperidine rings is 2. The molecular formula is C22H28N4O2. The zero-order chi connectivity index (χ0) is 19.1. The molecule has 1 aliphatic carbocycles. The topological polar surface area (TPSA) is 69.5 Å². The highest BCUT2D eigenvalue weighted by molar-refractivity contribution is 5.78. The molecule has 6 nitrogen and oxygen atoms in total. The number of aromatic nitrogens is 1. The van der Waals surface area contributed by atoms with Gasteiger partial charge in [0.05, 0.1) is 11.7 Å². The molecular weight excluding hydrogens is 352 g/mol. The molecule has 5 rings (SSSR count). The summed E-state index contributed by atoms with van der Waals surface area (Å²) >= 11 is 0. The Morgan fingerprint density at radius 2 is 1.89 bits per heavy atom. The predicted octanol–water partition coefficient (Wildman–Crippen LogP) is 2.96. The number of hydrogen-bond donors (Lipinski definition) is 0. The van der Waals surface area contributed by atoms with Crippen LogP contribution in [0, 0.1) is 11.3 Å². The number of nitriles is 1. The van der Waals surface area contributed by atoms with E-state index in [2.05, 4.69) is 11.0 Å². The molecule has 1 saturated carbocycles. The molecule has 0 aromatic carbocycles. The summed E-state index contributed by atoms with van der Waals surface area (Å²) in [5.74, 6) is 0.734. The molecule has 4 aliphatic rings. The minimum atomic E-state index is 0.0874. The van der Waals surface area contributed by atoms with E-state index >= 15 is 0 Å². The number of fused-ring (bicyclic) bond motifs is 3. The number of ether oxygens (including phenoxy) is 1. The largest absolute Gasteiger partial charge is 0.473 e. The lowest BCUT2D eigenvalue weighted by atomic mass is 9.88. The summed E-state index contributed by atoms with van der Waals surface area (Å²) in [6, 6.07) is 5.10. The first kappa shape index (κ1) is 17.9. The molecule has 0 bridgehead atoms. The Kier molecular flexibility index (Phi) is 4.72. The summed E-state index contributed by atoms with van der Waals surface area (Å²) in [7, 11) is 0. The fourth-order valence-corrected chi connectivity index (χ4v) is 5.23. The van der Waals surface area contributed by atoms with Crippen LogP contribution in [0.3, 0.4) is 0 Å². The van der Waals surface area contributed by atoms with Gasteiger partial charge in [0.25, 0.3) is 0 Å². The van der Waals surface area contributed by atoms with E-state index in [9.17, 15) is 10.1 Å². The van der Waals surface area contributed by atoms with Gasteiger partial charge in [-0.2, -0.15) is 5.26 Å². The van der Waals surface area contributed by atoms with Crippen molar-refractivity contribution in [3.8, 4) is 11.9 Å². The number of nitrogens with zero attached hydrogens (tertiary/aromatic N) is 4. The quantitative estimate of drug-likeness (QED) is 0.806. The van der Waals surface area contributed by atoms with Crippen LogP contribution in [0.15, 0.2) is 6.07 Å². The smallest absolute Gasteiger partial charge is 0.232 e. The number of carbonyl (C=O) groups excluding carboxylic acids is 1. The van der Waals surface area contributed by atoms with E-state index < -0.39 is 0 Å². The van der Waals surface area contributed by atoms with Crippen molar-refractivity contribution in [3.05, 3.63) is 22.9 Å². The average molecular weight is 380 g/mol. The Balaban J connectivity index is 1.32. The van der Waals surface area contributed by atoms with Crippen LogP contribution in [-0.2, 0) is 11.2 Å². The third kappa shape index (κ3) is 3.16. The molecule has 0 N–H and O–H groups in total. The van der Waals surface area contributed by atoms with E-state index in [-0.39, 0.29) is 18.1 Å². The molecule has 3 aliphatic heterocycles. The molecule has 3 fully saturated rings. The lowest BCUT2D eigenvalue weighted by Gasteiger charge is -2.42. The second kappa shape index (κ2) is 7.36. The van der Waals surface area contributed by atoms with Crippen LogP contribution in [0.5, 0.6) is 5.88 Å². The maximum absolute atomic E-state index is 12.2. The summed E-state index contributed by atoms with van der Waals surface area (Å²) in [5, 5.41) is 9.69. The Bertz CT molecular complexity index is 805. The molecule has 1 aromatic heterocycles. The third-order valence-electron chi connectivity index (χ3n) is 7.08. The first-order chi connectivity index (χ1) is 13.7. The van der Waals surface area contributed by atoms with Crippen molar-refractivity contribution in [2.24, 2.45) is 0 Å². The lowest BCUT2D eigenvalue weighted by Crippen LogP contribution is -2.47. The number of carbonyl (C=O) groups is 1. The number of amides is 1. The molecule has 0 spiro atoms. The van der Waals surface area contributed by atoms with Gasteiger partial charge in [-0.1, -0.05) is 6.42 Å². The van der Waals surface area contributed by atoms with Crippen LogP contribution in [0.1, 0.15) is 74.2 Å². The fraction of sp³-hybridized carbons (Fsp3) is 0.682. The van der Waals surface area contributed by atoms with Gasteiger partial charge in [-0.25, -0.2) is 4.98 Å². The Labute approximate surface area is 166 Å². The fourth-order valence-electron chi connectivity index (χ4n) is 5.23. The second-order valence-electron chi connectivity index (χ2n) is 8.67. The van der Waals surface area contributed by atoms with Gasteiger partial charge in [0.1, 0.15) is 17.7 Å². The van der Waals surface area contributed by atoms with Gasteiger partial charge in [0.2, 0.25) is 11.8 Å². The van der Waals surface area contributed by atoms with E-state index in [0.29, 0.717) is 17.9 Å². The van der Waals surface area contributed by atoms with Crippen LogP contribution >= 0.6 is 0 Å². The molecule has 6 heteroatoms. The molecule has 1 amide bonds. The van der Waals surface area contributed by atoms with Crippen molar-refractivity contribution >= 4 is 5.91 Å². The van der Waals surface area contributed by atoms with Gasteiger partial charge in [-0.05, 0) is 50.2 Å². The van der Waals surface area contributed by atoms with Gasteiger partial charge >= 0.3 is 0 Å². The normalized spacial score (nSPS) is 26.2. The van der Waals surface area contributed by atoms with Crippen molar-refractivity contribution in [2.75, 3.05) is 19.6 Å². The standard InChI is InChI=1S/C22H28N4O2/c23-14-15-13-18-19(9-12-26-20(18)5-2-6-21(26)27)24-22(15)28-17-7-10-25(11-8-17)16-3-1-4-16/h13,16-17,20H,1-12H2. The summed E-state index contributed by atoms with van der Waals surface area (Å²) in [5.41, 5.74) is 2.58. The minimum absolute atomic E-state index is 0.0874. The van der Waals surface area contributed by atoms with Crippen molar-refractivity contribution in [2.45, 2.75) is 76.0 Å². The van der Waals surface area contributed by atoms with E-state index in [0.717, 1.165) is 69.0 Å². The molecule has 4 heterocycles. The van der Waals surface area contributed by atoms with E-state index in [4.69, 9.17) is 9.72 Å². The number of pyridine rings is 1. The van der Waals surface area contributed by atoms with E-state index in [1.165, 1.54) is 19.3 Å². The van der Waals surface area contributed by atoms with Crippen LogP contribution in [0.2, 0.25) is 0 Å². The monoisotopic (exact) mass is 380 g/mol. The van der Waals surface area contributed by atoms with Crippen molar-refractivity contribution in [1.29, 1.82) is 5.26 Å². The Hall–Kier alpha value is -2.13. The second-order valence-corrected chi connectivity index (χ2v) is 8.67. The summed E-state index contributed by atoms with van der Waals surface area (Å²) < 4.78 is 6.24. The van der Waals surface area contributed by atoms with Crippen molar-refractivity contribution < 1.29 is 9.53 Å². The van der Waals surface area contributed by atoms with Gasteiger partial charge < -0.3 is 14.5 Å². The van der Waals surface area contributed by atoms with Gasteiger partial charge in [-0.15, -0.1) is 0 Å². The highest BCUT2D eigenvalue weighted by Crippen LogP contribution is 2.38. The van der Waals surface area contributed by atoms with Crippen LogP contribution < -0.4 is 4.74 Å². The summed E-state index contributed by atoms with van der Waals surface area (Å²) in [6.07, 6.45) is 9.49. The first-order valence-corrected chi connectivity index (χ1v) is 10.9. The van der Waals surface area contributed by atoms with Gasteiger partial charge in [0.15, 0.2) is 0 Å². The van der Waals surface area contributed by atoms with Crippen molar-refractivity contribution in [3.63, 3.8) is 0 Å². The summed E-state index contributed by atoms with van der Waals surface area (Å²) in [4.78, 5) is 21.6. The maximum Gasteiger partial charge on any atom is 0.232 e. The molecule has 2 saturated heterocycles. The van der Waals surface area contributed by atoms with E-state index in [1.807, 2.05) is 11.0 Å². The minimum Gasteiger partial charge on any atom is -0.473 e. The Morgan fingerprint density at radius 1 is 1.07 bits per heavy atom. The zero-order valence-electron chi connectivity index (χ0n) is 16.4. The average Bonchev–Trinajstić information content (AvgIpc) is 2.67. The first-order valence-electron chi connectivity index (χ1n) is 10.9. The van der Waals surface area contributed by atoms with Crippen LogP contribution in [0.25, 0.3) is 0 Å². The lowest BCUT2D eigenvalue weighted by molar-refractivity contribution is -0.137. The van der Waals surface area contributed by atoms with Crippen LogP contribution in [-0.4, -0.2) is 52.5 Å².